The topological polar surface area (TPSA) is 45.2 Å². The number of pyridine rings is 1. The predicted molar refractivity (Wildman–Crippen MR) is 104 cm³/mol. The first-order chi connectivity index (χ1) is 12.7. The summed E-state index contributed by atoms with van der Waals surface area (Å²) < 4.78 is 0. The van der Waals surface area contributed by atoms with E-state index in [2.05, 4.69) is 10.3 Å². The van der Waals surface area contributed by atoms with Crippen molar-refractivity contribution in [2.45, 2.75) is 38.6 Å². The van der Waals surface area contributed by atoms with Gasteiger partial charge in [-0.1, -0.05) is 30.3 Å². The second-order valence-electron chi connectivity index (χ2n) is 7.61. The van der Waals surface area contributed by atoms with Crippen molar-refractivity contribution in [3.05, 3.63) is 53.7 Å². The third-order valence-electron chi connectivity index (χ3n) is 5.56. The highest BCUT2D eigenvalue weighted by Gasteiger charge is 2.27. The lowest BCUT2D eigenvalue weighted by molar-refractivity contribution is 0.0704. The summed E-state index contributed by atoms with van der Waals surface area (Å²) in [5.41, 5.74) is 3.54. The van der Waals surface area contributed by atoms with Gasteiger partial charge in [0, 0.05) is 24.7 Å². The zero-order chi connectivity index (χ0) is 17.9. The number of aryl methyl sites for hydroxylation is 1. The second-order valence-corrected chi connectivity index (χ2v) is 7.61. The molecule has 4 nitrogen and oxygen atoms in total. The van der Waals surface area contributed by atoms with Crippen LogP contribution in [0.3, 0.4) is 0 Å². The van der Waals surface area contributed by atoms with E-state index in [0.717, 1.165) is 60.9 Å². The molecule has 0 spiro atoms. The van der Waals surface area contributed by atoms with E-state index >= 15 is 0 Å². The molecule has 0 radical (unpaired) electrons. The first-order valence-electron chi connectivity index (χ1n) is 9.76. The van der Waals surface area contributed by atoms with Crippen molar-refractivity contribution in [3.8, 4) is 11.3 Å². The molecule has 2 fully saturated rings. The van der Waals surface area contributed by atoms with Crippen molar-refractivity contribution < 1.29 is 4.79 Å². The van der Waals surface area contributed by atoms with Crippen molar-refractivity contribution in [2.24, 2.45) is 5.92 Å². The van der Waals surface area contributed by atoms with Crippen LogP contribution in [0.25, 0.3) is 11.3 Å². The highest BCUT2D eigenvalue weighted by atomic mass is 16.2. The molecule has 1 N–H and O–H groups in total. The number of likely N-dealkylation sites (tertiary alicyclic amines) is 1. The number of nitrogens with one attached hydrogen (secondary N) is 1. The van der Waals surface area contributed by atoms with Crippen molar-refractivity contribution in [2.75, 3.05) is 19.6 Å². The number of benzene rings is 1. The lowest BCUT2D eigenvalue weighted by Gasteiger charge is -2.33. The highest BCUT2D eigenvalue weighted by molar-refractivity contribution is 5.95. The summed E-state index contributed by atoms with van der Waals surface area (Å²) in [4.78, 5) is 19.6. The predicted octanol–water partition coefficient (Wildman–Crippen LogP) is 3.66. The number of amides is 1. The Morgan fingerprint density at radius 1 is 1.08 bits per heavy atom. The molecule has 136 valence electrons. The third kappa shape index (κ3) is 3.96. The first kappa shape index (κ1) is 17.2. The summed E-state index contributed by atoms with van der Waals surface area (Å²) in [6.45, 7) is 4.76. The van der Waals surface area contributed by atoms with Crippen molar-refractivity contribution in [1.82, 2.24) is 15.2 Å². The quantitative estimate of drug-likeness (QED) is 0.896. The van der Waals surface area contributed by atoms with E-state index in [0.29, 0.717) is 6.04 Å². The molecule has 0 bridgehead atoms. The number of piperidine rings is 1. The highest BCUT2D eigenvalue weighted by Crippen LogP contribution is 2.28. The fourth-order valence-corrected chi connectivity index (χ4v) is 3.67. The van der Waals surface area contributed by atoms with Gasteiger partial charge in [-0.25, -0.2) is 0 Å². The van der Waals surface area contributed by atoms with Gasteiger partial charge >= 0.3 is 0 Å². The Morgan fingerprint density at radius 2 is 1.81 bits per heavy atom. The van der Waals surface area contributed by atoms with Gasteiger partial charge in [-0.2, -0.15) is 0 Å². The normalized spacial score (nSPS) is 18.1. The molecule has 0 atom stereocenters. The fraction of sp³-hybridized carbons (Fsp3) is 0.455. The molecular weight excluding hydrogens is 322 g/mol. The fourth-order valence-electron chi connectivity index (χ4n) is 3.67. The Morgan fingerprint density at radius 3 is 2.46 bits per heavy atom. The largest absolute Gasteiger partial charge is 0.338 e. The van der Waals surface area contributed by atoms with Crippen LogP contribution in [-0.4, -0.2) is 41.5 Å². The smallest absolute Gasteiger partial charge is 0.255 e. The average molecular weight is 349 g/mol. The van der Waals surface area contributed by atoms with Gasteiger partial charge in [-0.05, 0) is 57.2 Å². The summed E-state index contributed by atoms with van der Waals surface area (Å²) in [6.07, 6.45) is 4.87. The van der Waals surface area contributed by atoms with Crippen molar-refractivity contribution >= 4 is 5.91 Å². The molecule has 1 saturated heterocycles. The SMILES string of the molecule is Cc1nc(-c2ccccc2)ccc1C(=O)N1CCC(NCC2CC2)CC1. The molecule has 4 heteroatoms. The molecule has 4 rings (SSSR count). The minimum absolute atomic E-state index is 0.121. The number of hydrogen-bond acceptors (Lipinski definition) is 3. The van der Waals surface area contributed by atoms with Crippen molar-refractivity contribution in [1.29, 1.82) is 0 Å². The third-order valence-corrected chi connectivity index (χ3v) is 5.56. The van der Waals surface area contributed by atoms with Gasteiger partial charge in [0.2, 0.25) is 0 Å². The van der Waals surface area contributed by atoms with Crippen LogP contribution in [0.15, 0.2) is 42.5 Å². The second kappa shape index (κ2) is 7.58. The van der Waals surface area contributed by atoms with Crippen LogP contribution in [0.5, 0.6) is 0 Å². The number of aromatic nitrogens is 1. The molecule has 2 heterocycles. The standard InChI is InChI=1S/C22H27N3O/c1-16-20(9-10-21(24-16)18-5-3-2-4-6-18)22(26)25-13-11-19(12-14-25)23-15-17-7-8-17/h2-6,9-10,17,19,23H,7-8,11-15H2,1H3. The van der Waals surface area contributed by atoms with Gasteiger partial charge in [0.15, 0.2) is 0 Å². The number of hydrogen-bond donors (Lipinski definition) is 1. The Hall–Kier alpha value is -2.20. The first-order valence-corrected chi connectivity index (χ1v) is 9.76. The van der Waals surface area contributed by atoms with Crippen molar-refractivity contribution in [3.63, 3.8) is 0 Å². The van der Waals surface area contributed by atoms with E-state index in [1.54, 1.807) is 0 Å². The molecule has 1 aromatic heterocycles. The van der Waals surface area contributed by atoms with Gasteiger partial charge in [-0.15, -0.1) is 0 Å². The summed E-state index contributed by atoms with van der Waals surface area (Å²) in [7, 11) is 0. The molecule has 0 unspecified atom stereocenters. The molecule has 1 aliphatic heterocycles. The van der Waals surface area contributed by atoms with Crippen LogP contribution in [0.1, 0.15) is 41.7 Å². The maximum Gasteiger partial charge on any atom is 0.255 e. The van der Waals surface area contributed by atoms with Gasteiger partial charge in [-0.3, -0.25) is 9.78 Å². The summed E-state index contributed by atoms with van der Waals surface area (Å²) in [5, 5.41) is 3.67. The molecule has 1 aliphatic carbocycles. The van der Waals surface area contributed by atoms with Gasteiger partial charge < -0.3 is 10.2 Å². The van der Waals surface area contributed by atoms with Crippen LogP contribution in [-0.2, 0) is 0 Å². The van der Waals surface area contributed by atoms with Gasteiger partial charge in [0.05, 0.1) is 17.0 Å². The van der Waals surface area contributed by atoms with Gasteiger partial charge in [0.25, 0.3) is 5.91 Å². The average Bonchev–Trinajstić information content (AvgIpc) is 3.51. The monoisotopic (exact) mass is 349 g/mol. The van der Waals surface area contributed by atoms with Crippen LogP contribution >= 0.6 is 0 Å². The maximum absolute atomic E-state index is 12.9. The van der Waals surface area contributed by atoms with Gasteiger partial charge in [0.1, 0.15) is 0 Å². The Labute approximate surface area is 155 Å². The molecule has 2 aliphatic rings. The van der Waals surface area contributed by atoms with Crippen LogP contribution in [0, 0.1) is 12.8 Å². The minimum atomic E-state index is 0.121. The van der Waals surface area contributed by atoms with E-state index in [-0.39, 0.29) is 5.91 Å². The molecule has 1 aromatic carbocycles. The van der Waals surface area contributed by atoms with Crippen LogP contribution in [0.4, 0.5) is 0 Å². The van der Waals surface area contributed by atoms with E-state index in [4.69, 9.17) is 0 Å². The number of rotatable bonds is 5. The minimum Gasteiger partial charge on any atom is -0.338 e. The van der Waals surface area contributed by atoms with Crippen LogP contribution < -0.4 is 5.32 Å². The van der Waals surface area contributed by atoms with E-state index in [9.17, 15) is 4.79 Å². The number of carbonyl (C=O) groups excluding carboxylic acids is 1. The van der Waals surface area contributed by atoms with E-state index < -0.39 is 0 Å². The maximum atomic E-state index is 12.9. The Kier molecular flexibility index (Phi) is 5.02. The summed E-state index contributed by atoms with van der Waals surface area (Å²) in [6, 6.07) is 14.6. The Balaban J connectivity index is 1.38. The van der Waals surface area contributed by atoms with E-state index in [1.165, 1.54) is 12.8 Å². The molecule has 1 amide bonds. The summed E-state index contributed by atoms with van der Waals surface area (Å²) in [5.74, 6) is 1.03. The summed E-state index contributed by atoms with van der Waals surface area (Å²) >= 11 is 0. The molecule has 2 aromatic rings. The Bertz CT molecular complexity index is 762. The molecule has 1 saturated carbocycles. The molecule has 26 heavy (non-hydrogen) atoms. The zero-order valence-corrected chi connectivity index (χ0v) is 15.4. The molecular formula is C22H27N3O. The number of carbonyl (C=O) groups is 1. The lowest BCUT2D eigenvalue weighted by Crippen LogP contribution is -2.45. The van der Waals surface area contributed by atoms with E-state index in [1.807, 2.05) is 54.3 Å². The zero-order valence-electron chi connectivity index (χ0n) is 15.4. The number of nitrogens with zero attached hydrogens (tertiary/aromatic N) is 2. The van der Waals surface area contributed by atoms with Crippen LogP contribution in [0.2, 0.25) is 0 Å². The lowest BCUT2D eigenvalue weighted by atomic mass is 10.0.